The van der Waals surface area contributed by atoms with Crippen molar-refractivity contribution in [3.63, 3.8) is 0 Å². The molecule has 0 aliphatic rings. The van der Waals surface area contributed by atoms with Crippen LogP contribution in [0.15, 0.2) is 36.5 Å². The van der Waals surface area contributed by atoms with Crippen LogP contribution in [0.25, 0.3) is 0 Å². The van der Waals surface area contributed by atoms with E-state index < -0.39 is 0 Å². The second kappa shape index (κ2) is 5.11. The molecule has 0 unspecified atom stereocenters. The molecule has 0 bridgehead atoms. The molecule has 0 aliphatic heterocycles. The van der Waals surface area contributed by atoms with E-state index in [1.54, 1.807) is 0 Å². The summed E-state index contributed by atoms with van der Waals surface area (Å²) in [7, 11) is 0. The van der Waals surface area contributed by atoms with Gasteiger partial charge in [0, 0.05) is 17.4 Å². The number of rotatable bonds is 4. The summed E-state index contributed by atoms with van der Waals surface area (Å²) >= 11 is 5.36. The molecule has 0 atom stereocenters. The number of nitrogens with one attached hydrogen (secondary N) is 1. The first-order chi connectivity index (χ1) is 8.49. The van der Waals surface area contributed by atoms with Crippen molar-refractivity contribution in [2.75, 3.05) is 0 Å². The minimum absolute atomic E-state index is 0.0394. The van der Waals surface area contributed by atoms with Crippen molar-refractivity contribution in [2.45, 2.75) is 39.2 Å². The number of hydrogen-bond acceptors (Lipinski definition) is 1. The van der Waals surface area contributed by atoms with Crippen molar-refractivity contribution in [3.05, 3.63) is 52.6 Å². The predicted octanol–water partition coefficient (Wildman–Crippen LogP) is 4.22. The van der Waals surface area contributed by atoms with E-state index in [1.165, 1.54) is 5.56 Å². The molecule has 96 valence electrons. The Kier molecular flexibility index (Phi) is 3.71. The Hall–Kier alpha value is -1.35. The molecule has 2 aromatic rings. The van der Waals surface area contributed by atoms with Crippen LogP contribution < -0.4 is 0 Å². The number of imidazole rings is 1. The van der Waals surface area contributed by atoms with Crippen LogP contribution in [0.1, 0.15) is 31.5 Å². The fraction of sp³-hybridized carbons (Fsp3) is 0.400. The van der Waals surface area contributed by atoms with Gasteiger partial charge in [0.1, 0.15) is 0 Å². The molecule has 3 heteroatoms. The highest BCUT2D eigenvalue weighted by Gasteiger charge is 2.20. The monoisotopic (exact) mass is 260 g/mol. The lowest BCUT2D eigenvalue weighted by Gasteiger charge is -2.26. The Bertz CT molecular complexity index is 564. The van der Waals surface area contributed by atoms with Gasteiger partial charge in [-0.25, -0.2) is 0 Å². The first-order valence-electron chi connectivity index (χ1n) is 6.32. The lowest BCUT2D eigenvalue weighted by molar-refractivity contribution is 0.324. The van der Waals surface area contributed by atoms with Gasteiger partial charge in [0.25, 0.3) is 0 Å². The topological polar surface area (TPSA) is 20.7 Å². The first kappa shape index (κ1) is 13.1. The largest absolute Gasteiger partial charge is 0.335 e. The number of benzene rings is 1. The van der Waals surface area contributed by atoms with Gasteiger partial charge in [-0.2, -0.15) is 0 Å². The summed E-state index contributed by atoms with van der Waals surface area (Å²) in [5, 5.41) is 0. The standard InChI is InChI=1S/C15H20N2S/c1-12-11-17(14(18)16-12)15(2,3)10-9-13-7-5-4-6-8-13/h4-8,11H,9-10H2,1-3H3,(H,16,18). The Balaban J connectivity index is 2.13. The van der Waals surface area contributed by atoms with Crippen molar-refractivity contribution in [2.24, 2.45) is 0 Å². The van der Waals surface area contributed by atoms with E-state index in [4.69, 9.17) is 12.2 Å². The third-order valence-electron chi connectivity index (χ3n) is 3.37. The molecule has 1 heterocycles. The molecule has 0 aliphatic carbocycles. The highest BCUT2D eigenvalue weighted by Crippen LogP contribution is 2.23. The van der Waals surface area contributed by atoms with E-state index in [-0.39, 0.29) is 5.54 Å². The molecule has 2 nitrogen and oxygen atoms in total. The van der Waals surface area contributed by atoms with Crippen molar-refractivity contribution >= 4 is 12.2 Å². The van der Waals surface area contributed by atoms with Gasteiger partial charge < -0.3 is 9.55 Å². The lowest BCUT2D eigenvalue weighted by atomic mass is 9.95. The number of hydrogen-bond donors (Lipinski definition) is 1. The first-order valence-corrected chi connectivity index (χ1v) is 6.72. The molecule has 0 saturated heterocycles. The second-order valence-corrected chi connectivity index (χ2v) is 5.80. The zero-order valence-electron chi connectivity index (χ0n) is 11.2. The lowest BCUT2D eigenvalue weighted by Crippen LogP contribution is -2.26. The number of nitrogens with zero attached hydrogens (tertiary/aromatic N) is 1. The van der Waals surface area contributed by atoms with Gasteiger partial charge in [0.15, 0.2) is 4.77 Å². The van der Waals surface area contributed by atoms with E-state index >= 15 is 0 Å². The molecule has 0 saturated carbocycles. The number of aromatic amines is 1. The van der Waals surface area contributed by atoms with Gasteiger partial charge in [0.05, 0.1) is 0 Å². The summed E-state index contributed by atoms with van der Waals surface area (Å²) in [6.07, 6.45) is 4.25. The molecule has 0 spiro atoms. The maximum Gasteiger partial charge on any atom is 0.177 e. The summed E-state index contributed by atoms with van der Waals surface area (Å²) in [6, 6.07) is 10.6. The average Bonchev–Trinajstić information content (AvgIpc) is 2.68. The van der Waals surface area contributed by atoms with Crippen molar-refractivity contribution in [3.8, 4) is 0 Å². The zero-order chi connectivity index (χ0) is 13.2. The molecule has 1 aromatic carbocycles. The summed E-state index contributed by atoms with van der Waals surface area (Å²) < 4.78 is 2.98. The van der Waals surface area contributed by atoms with E-state index in [0.29, 0.717) is 0 Å². The highest BCUT2D eigenvalue weighted by atomic mass is 32.1. The molecule has 1 aromatic heterocycles. The van der Waals surface area contributed by atoms with Crippen molar-refractivity contribution in [1.29, 1.82) is 0 Å². The number of H-pyrrole nitrogens is 1. The fourth-order valence-corrected chi connectivity index (χ4v) is 2.64. The Morgan fingerprint density at radius 1 is 1.22 bits per heavy atom. The maximum absolute atomic E-state index is 5.36. The third-order valence-corrected chi connectivity index (χ3v) is 3.66. The van der Waals surface area contributed by atoms with Crippen LogP contribution in [0, 0.1) is 11.7 Å². The van der Waals surface area contributed by atoms with E-state index in [1.807, 2.05) is 6.92 Å². The van der Waals surface area contributed by atoms with Gasteiger partial charge in [-0.1, -0.05) is 30.3 Å². The molecular weight excluding hydrogens is 240 g/mol. The van der Waals surface area contributed by atoms with Crippen LogP contribution in [0.2, 0.25) is 0 Å². The Morgan fingerprint density at radius 2 is 1.89 bits per heavy atom. The molecular formula is C15H20N2S. The molecule has 1 N–H and O–H groups in total. The van der Waals surface area contributed by atoms with Crippen LogP contribution >= 0.6 is 12.2 Å². The van der Waals surface area contributed by atoms with E-state index in [0.717, 1.165) is 23.3 Å². The summed E-state index contributed by atoms with van der Waals surface area (Å²) in [5.74, 6) is 0. The minimum atomic E-state index is 0.0394. The number of aromatic nitrogens is 2. The predicted molar refractivity (Wildman–Crippen MR) is 78.4 cm³/mol. The van der Waals surface area contributed by atoms with Crippen LogP contribution in [0.4, 0.5) is 0 Å². The third kappa shape index (κ3) is 2.91. The molecule has 0 radical (unpaired) electrons. The fourth-order valence-electron chi connectivity index (χ4n) is 2.18. The summed E-state index contributed by atoms with van der Waals surface area (Å²) in [5.41, 5.74) is 2.54. The second-order valence-electron chi connectivity index (χ2n) is 5.41. The van der Waals surface area contributed by atoms with Crippen LogP contribution in [0.3, 0.4) is 0 Å². The van der Waals surface area contributed by atoms with Gasteiger partial charge in [-0.3, -0.25) is 0 Å². The van der Waals surface area contributed by atoms with Gasteiger partial charge in [0.2, 0.25) is 0 Å². The maximum atomic E-state index is 5.36. The van der Waals surface area contributed by atoms with Gasteiger partial charge >= 0.3 is 0 Å². The van der Waals surface area contributed by atoms with Gasteiger partial charge in [-0.15, -0.1) is 0 Å². The molecule has 2 rings (SSSR count). The minimum Gasteiger partial charge on any atom is -0.335 e. The summed E-state index contributed by atoms with van der Waals surface area (Å²) in [4.78, 5) is 3.19. The zero-order valence-corrected chi connectivity index (χ0v) is 12.1. The Labute approximate surface area is 114 Å². The van der Waals surface area contributed by atoms with Gasteiger partial charge in [-0.05, 0) is 51.4 Å². The Morgan fingerprint density at radius 3 is 2.44 bits per heavy atom. The van der Waals surface area contributed by atoms with E-state index in [2.05, 4.69) is 59.9 Å². The normalized spacial score (nSPS) is 11.7. The van der Waals surface area contributed by atoms with Crippen molar-refractivity contribution < 1.29 is 0 Å². The van der Waals surface area contributed by atoms with Crippen molar-refractivity contribution in [1.82, 2.24) is 9.55 Å². The van der Waals surface area contributed by atoms with Crippen LogP contribution in [-0.2, 0) is 12.0 Å². The SMILES string of the molecule is Cc1cn(C(C)(C)CCc2ccccc2)c(=S)[nH]1. The molecule has 18 heavy (non-hydrogen) atoms. The molecule has 0 fully saturated rings. The van der Waals surface area contributed by atoms with E-state index in [9.17, 15) is 0 Å². The van der Waals surface area contributed by atoms with Crippen LogP contribution in [-0.4, -0.2) is 9.55 Å². The molecule has 0 amide bonds. The average molecular weight is 260 g/mol. The number of aryl methyl sites for hydroxylation is 2. The quantitative estimate of drug-likeness (QED) is 0.816. The smallest absolute Gasteiger partial charge is 0.177 e. The van der Waals surface area contributed by atoms with Crippen LogP contribution in [0.5, 0.6) is 0 Å². The highest BCUT2D eigenvalue weighted by molar-refractivity contribution is 7.71. The summed E-state index contributed by atoms with van der Waals surface area (Å²) in [6.45, 7) is 6.51.